The number of nitrogens with zero attached hydrogens (tertiary/aromatic N) is 3. The molecule has 1 rings (SSSR count). The molecule has 0 aromatic heterocycles. The third-order valence-electron chi connectivity index (χ3n) is 2.26. The molecule has 1 fully saturated rings. The highest BCUT2D eigenvalue weighted by molar-refractivity contribution is 5.80. The average molecular weight is 207 g/mol. The summed E-state index contributed by atoms with van der Waals surface area (Å²) in [6.45, 7) is 0. The number of halogens is 3. The fourth-order valence-corrected chi connectivity index (χ4v) is 1.56. The van der Waals surface area contributed by atoms with Gasteiger partial charge in [-0.1, -0.05) is 5.11 Å². The number of hydrogen-bond donors (Lipinski definition) is 0. The van der Waals surface area contributed by atoms with Crippen molar-refractivity contribution in [2.24, 2.45) is 11.0 Å². The predicted molar refractivity (Wildman–Crippen MR) is 41.3 cm³/mol. The van der Waals surface area contributed by atoms with Crippen molar-refractivity contribution in [2.75, 3.05) is 0 Å². The minimum atomic E-state index is -4.39. The second-order valence-corrected chi connectivity index (χ2v) is 3.20. The van der Waals surface area contributed by atoms with Crippen molar-refractivity contribution in [3.63, 3.8) is 0 Å². The Kier molecular flexibility index (Phi) is 3.00. The normalized spacial score (nSPS) is 28.4. The Hall–Kier alpha value is -1.23. The maximum absolute atomic E-state index is 12.3. The van der Waals surface area contributed by atoms with Crippen molar-refractivity contribution in [3.8, 4) is 0 Å². The van der Waals surface area contributed by atoms with Crippen LogP contribution in [0.25, 0.3) is 10.4 Å². The summed E-state index contributed by atoms with van der Waals surface area (Å²) in [6, 6.07) is -1.26. The molecule has 0 aliphatic heterocycles. The second kappa shape index (κ2) is 3.88. The van der Waals surface area contributed by atoms with E-state index in [1.165, 1.54) is 0 Å². The Morgan fingerprint density at radius 2 is 2.14 bits per heavy atom. The number of ketones is 1. The van der Waals surface area contributed by atoms with E-state index < -0.39 is 18.1 Å². The van der Waals surface area contributed by atoms with Gasteiger partial charge in [-0.05, 0) is 12.0 Å². The first-order valence-electron chi connectivity index (χ1n) is 4.07. The zero-order chi connectivity index (χ0) is 10.8. The van der Waals surface area contributed by atoms with E-state index in [1.54, 1.807) is 0 Å². The first-order valence-corrected chi connectivity index (χ1v) is 4.07. The topological polar surface area (TPSA) is 65.8 Å². The van der Waals surface area contributed by atoms with Gasteiger partial charge in [-0.15, -0.1) is 0 Å². The maximum Gasteiger partial charge on any atom is 0.392 e. The second-order valence-electron chi connectivity index (χ2n) is 3.20. The SMILES string of the molecule is [N-]=[N+]=NC1CC(=O)CCC1C(F)(F)F. The Labute approximate surface area is 77.7 Å². The molecule has 1 aliphatic carbocycles. The molecular formula is C7H8F3N3O. The highest BCUT2D eigenvalue weighted by atomic mass is 19.4. The molecule has 2 atom stereocenters. The fourth-order valence-electron chi connectivity index (χ4n) is 1.56. The van der Waals surface area contributed by atoms with Crippen molar-refractivity contribution in [2.45, 2.75) is 31.5 Å². The van der Waals surface area contributed by atoms with E-state index in [1.807, 2.05) is 0 Å². The highest BCUT2D eigenvalue weighted by Gasteiger charge is 2.46. The summed E-state index contributed by atoms with van der Waals surface area (Å²) in [5.74, 6) is -1.95. The Bertz CT molecular complexity index is 282. The maximum atomic E-state index is 12.3. The molecule has 0 radical (unpaired) electrons. The van der Waals surface area contributed by atoms with Gasteiger partial charge in [0.25, 0.3) is 0 Å². The molecule has 0 heterocycles. The van der Waals surface area contributed by atoms with E-state index >= 15 is 0 Å². The molecule has 1 aliphatic rings. The molecule has 78 valence electrons. The molecule has 1 saturated carbocycles. The Balaban J connectivity index is 2.82. The predicted octanol–water partition coefficient (Wildman–Crippen LogP) is 2.60. The van der Waals surface area contributed by atoms with E-state index in [0.717, 1.165) is 0 Å². The first kappa shape index (κ1) is 10.8. The summed E-state index contributed by atoms with van der Waals surface area (Å²) >= 11 is 0. The summed E-state index contributed by atoms with van der Waals surface area (Å²) in [4.78, 5) is 13.2. The lowest BCUT2D eigenvalue weighted by Gasteiger charge is -2.28. The molecular weight excluding hydrogens is 199 g/mol. The largest absolute Gasteiger partial charge is 0.392 e. The van der Waals surface area contributed by atoms with Crippen LogP contribution >= 0.6 is 0 Å². The Morgan fingerprint density at radius 3 is 2.64 bits per heavy atom. The molecule has 2 unspecified atom stereocenters. The number of hydrogen-bond acceptors (Lipinski definition) is 2. The molecule has 7 heteroatoms. The van der Waals surface area contributed by atoms with E-state index in [-0.39, 0.29) is 25.0 Å². The van der Waals surface area contributed by atoms with Crippen LogP contribution in [0.5, 0.6) is 0 Å². The monoisotopic (exact) mass is 207 g/mol. The third-order valence-corrected chi connectivity index (χ3v) is 2.26. The minimum absolute atomic E-state index is 0.0817. The number of azide groups is 1. The molecule has 0 N–H and O–H groups in total. The summed E-state index contributed by atoms with van der Waals surface area (Å²) in [5, 5.41) is 3.02. The lowest BCUT2D eigenvalue weighted by Crippen LogP contribution is -2.38. The highest BCUT2D eigenvalue weighted by Crippen LogP contribution is 2.38. The smallest absolute Gasteiger partial charge is 0.300 e. The number of rotatable bonds is 1. The summed E-state index contributed by atoms with van der Waals surface area (Å²) in [6.07, 6.45) is -5.04. The lowest BCUT2D eigenvalue weighted by molar-refractivity contribution is -0.186. The van der Waals surface area contributed by atoms with Crippen molar-refractivity contribution >= 4 is 5.78 Å². The van der Waals surface area contributed by atoms with Crippen LogP contribution in [0.4, 0.5) is 13.2 Å². The third kappa shape index (κ3) is 2.38. The molecule has 0 spiro atoms. The van der Waals surface area contributed by atoms with E-state index in [0.29, 0.717) is 0 Å². The van der Waals surface area contributed by atoms with Crippen LogP contribution in [0.15, 0.2) is 5.11 Å². The van der Waals surface area contributed by atoms with Gasteiger partial charge in [0.15, 0.2) is 0 Å². The molecule has 0 aromatic rings. The fraction of sp³-hybridized carbons (Fsp3) is 0.857. The average Bonchev–Trinajstić information content (AvgIpc) is 2.02. The minimum Gasteiger partial charge on any atom is -0.300 e. The molecule has 4 nitrogen and oxygen atoms in total. The van der Waals surface area contributed by atoms with Gasteiger partial charge in [-0.3, -0.25) is 4.79 Å². The van der Waals surface area contributed by atoms with Gasteiger partial charge >= 0.3 is 6.18 Å². The lowest BCUT2D eigenvalue weighted by atomic mass is 9.84. The van der Waals surface area contributed by atoms with Crippen molar-refractivity contribution in [1.29, 1.82) is 0 Å². The molecule has 0 amide bonds. The van der Waals surface area contributed by atoms with Gasteiger partial charge in [0.05, 0.1) is 12.0 Å². The van der Waals surface area contributed by atoms with Crippen molar-refractivity contribution < 1.29 is 18.0 Å². The van der Waals surface area contributed by atoms with E-state index in [4.69, 9.17) is 5.53 Å². The van der Waals surface area contributed by atoms with Crippen LogP contribution in [0.1, 0.15) is 19.3 Å². The first-order chi connectivity index (χ1) is 6.45. The number of carbonyl (C=O) groups excluding carboxylic acids is 1. The summed E-state index contributed by atoms with van der Waals surface area (Å²) < 4.78 is 37.0. The van der Waals surface area contributed by atoms with E-state index in [2.05, 4.69) is 10.0 Å². The number of carbonyl (C=O) groups is 1. The van der Waals surface area contributed by atoms with Gasteiger partial charge in [0.1, 0.15) is 5.78 Å². The van der Waals surface area contributed by atoms with Crippen LogP contribution < -0.4 is 0 Å². The zero-order valence-corrected chi connectivity index (χ0v) is 7.16. The van der Waals surface area contributed by atoms with Crippen LogP contribution in [-0.2, 0) is 4.79 Å². The van der Waals surface area contributed by atoms with Crippen LogP contribution in [-0.4, -0.2) is 18.0 Å². The molecule has 0 bridgehead atoms. The number of alkyl halides is 3. The quantitative estimate of drug-likeness (QED) is 0.370. The standard InChI is InChI=1S/C7H8F3N3O/c8-7(9,10)5-2-1-4(14)3-6(5)12-13-11/h5-6H,1-3H2. The van der Waals surface area contributed by atoms with Crippen molar-refractivity contribution in [3.05, 3.63) is 10.4 Å². The summed E-state index contributed by atoms with van der Waals surface area (Å²) in [7, 11) is 0. The molecule has 0 aromatic carbocycles. The summed E-state index contributed by atoms with van der Waals surface area (Å²) in [5.41, 5.74) is 8.07. The van der Waals surface area contributed by atoms with Gasteiger partial charge in [-0.2, -0.15) is 13.2 Å². The van der Waals surface area contributed by atoms with Gasteiger partial charge in [0.2, 0.25) is 0 Å². The zero-order valence-electron chi connectivity index (χ0n) is 7.16. The molecule has 0 saturated heterocycles. The van der Waals surface area contributed by atoms with E-state index in [9.17, 15) is 18.0 Å². The van der Waals surface area contributed by atoms with Crippen LogP contribution in [0.2, 0.25) is 0 Å². The van der Waals surface area contributed by atoms with Gasteiger partial charge in [-0.25, -0.2) is 0 Å². The van der Waals surface area contributed by atoms with Crippen molar-refractivity contribution in [1.82, 2.24) is 0 Å². The van der Waals surface area contributed by atoms with Crippen LogP contribution in [0, 0.1) is 5.92 Å². The Morgan fingerprint density at radius 1 is 1.50 bits per heavy atom. The van der Waals surface area contributed by atoms with Gasteiger partial charge < -0.3 is 0 Å². The number of Topliss-reactive ketones (excluding diaryl/α,β-unsaturated/α-hetero) is 1. The molecule has 14 heavy (non-hydrogen) atoms. The van der Waals surface area contributed by atoms with Gasteiger partial charge in [0, 0.05) is 17.8 Å². The van der Waals surface area contributed by atoms with Crippen LogP contribution in [0.3, 0.4) is 0 Å².